The number of piperazine rings is 1. The first-order valence-electron chi connectivity index (χ1n) is 12.6. The Morgan fingerprint density at radius 3 is 2.35 bits per heavy atom. The summed E-state index contributed by atoms with van der Waals surface area (Å²) in [5.41, 5.74) is 3.73. The molecule has 0 aromatic heterocycles. The number of hydrogen-bond donors (Lipinski definition) is 1. The molecule has 2 atom stereocenters. The van der Waals surface area contributed by atoms with E-state index in [1.54, 1.807) is 0 Å². The predicted octanol–water partition coefficient (Wildman–Crippen LogP) is 3.86. The second-order valence-corrected chi connectivity index (χ2v) is 10.1. The van der Waals surface area contributed by atoms with Gasteiger partial charge in [0.15, 0.2) is 0 Å². The molecule has 2 fully saturated rings. The van der Waals surface area contributed by atoms with Gasteiger partial charge >= 0.3 is 6.03 Å². The third-order valence-electron chi connectivity index (χ3n) is 6.95. The van der Waals surface area contributed by atoms with Gasteiger partial charge < -0.3 is 15.1 Å². The average molecular weight is 463 g/mol. The van der Waals surface area contributed by atoms with Crippen LogP contribution in [0.5, 0.6) is 0 Å². The number of carbonyl (C=O) groups is 2. The highest BCUT2D eigenvalue weighted by molar-refractivity contribution is 5.81. The van der Waals surface area contributed by atoms with E-state index in [0.29, 0.717) is 13.1 Å². The van der Waals surface area contributed by atoms with E-state index < -0.39 is 0 Å². The zero-order chi connectivity index (χ0) is 24.1. The molecule has 34 heavy (non-hydrogen) atoms. The summed E-state index contributed by atoms with van der Waals surface area (Å²) >= 11 is 0. The molecule has 0 unspecified atom stereocenters. The molecule has 2 aromatic rings. The number of rotatable bonds is 5. The third kappa shape index (κ3) is 6.17. The monoisotopic (exact) mass is 462 g/mol. The number of piperidine rings is 1. The van der Waals surface area contributed by atoms with Gasteiger partial charge in [-0.15, -0.1) is 0 Å². The Morgan fingerprint density at radius 1 is 0.941 bits per heavy atom. The van der Waals surface area contributed by atoms with Crippen LogP contribution in [0.1, 0.15) is 42.9 Å². The van der Waals surface area contributed by atoms with Crippen LogP contribution in [-0.2, 0) is 11.3 Å². The molecule has 182 valence electrons. The lowest BCUT2D eigenvalue weighted by Gasteiger charge is -2.41. The highest BCUT2D eigenvalue weighted by Gasteiger charge is 2.37. The first kappa shape index (κ1) is 24.3. The summed E-state index contributed by atoms with van der Waals surface area (Å²) in [6, 6.07) is 19.0. The van der Waals surface area contributed by atoms with Crippen molar-refractivity contribution in [2.45, 2.75) is 45.7 Å². The quantitative estimate of drug-likeness (QED) is 0.734. The van der Waals surface area contributed by atoms with Gasteiger partial charge in [0.05, 0.1) is 5.92 Å². The summed E-state index contributed by atoms with van der Waals surface area (Å²) in [6.07, 6.45) is 0.790. The molecular formula is C28H38N4O2. The third-order valence-corrected chi connectivity index (χ3v) is 6.95. The topological polar surface area (TPSA) is 55.9 Å². The van der Waals surface area contributed by atoms with Gasteiger partial charge in [0.25, 0.3) is 0 Å². The van der Waals surface area contributed by atoms with Crippen LogP contribution in [0, 0.1) is 12.8 Å². The fraction of sp³-hybridized carbons (Fsp3) is 0.500. The highest BCUT2D eigenvalue weighted by Crippen LogP contribution is 2.32. The molecule has 2 aliphatic heterocycles. The second-order valence-electron chi connectivity index (χ2n) is 10.1. The molecule has 6 nitrogen and oxygen atoms in total. The van der Waals surface area contributed by atoms with Crippen LogP contribution in [0.3, 0.4) is 0 Å². The second kappa shape index (κ2) is 11.0. The fourth-order valence-corrected chi connectivity index (χ4v) is 5.17. The minimum atomic E-state index is -0.169. The van der Waals surface area contributed by atoms with E-state index >= 15 is 0 Å². The van der Waals surface area contributed by atoms with E-state index in [1.165, 1.54) is 16.7 Å². The number of aryl methyl sites for hydroxylation is 1. The Kier molecular flexibility index (Phi) is 7.88. The van der Waals surface area contributed by atoms with E-state index in [2.05, 4.69) is 65.7 Å². The molecule has 0 spiro atoms. The summed E-state index contributed by atoms with van der Waals surface area (Å²) in [5.74, 6) is 0.191. The van der Waals surface area contributed by atoms with Gasteiger partial charge in [-0.25, -0.2) is 4.79 Å². The first-order valence-corrected chi connectivity index (χ1v) is 12.6. The van der Waals surface area contributed by atoms with Crippen molar-refractivity contribution in [3.63, 3.8) is 0 Å². The van der Waals surface area contributed by atoms with Crippen molar-refractivity contribution in [2.75, 3.05) is 39.3 Å². The molecule has 0 saturated carbocycles. The number of hydrogen-bond acceptors (Lipinski definition) is 3. The summed E-state index contributed by atoms with van der Waals surface area (Å²) in [4.78, 5) is 32.8. The maximum Gasteiger partial charge on any atom is 0.317 e. The minimum absolute atomic E-state index is 0.0682. The number of benzene rings is 2. The Balaban J connectivity index is 1.42. The molecule has 2 aliphatic rings. The summed E-state index contributed by atoms with van der Waals surface area (Å²) < 4.78 is 0. The van der Waals surface area contributed by atoms with Crippen molar-refractivity contribution >= 4 is 11.9 Å². The van der Waals surface area contributed by atoms with Gasteiger partial charge in [0.1, 0.15) is 0 Å². The lowest BCUT2D eigenvalue weighted by Crippen LogP contribution is -2.55. The van der Waals surface area contributed by atoms with E-state index in [1.807, 2.05) is 29.7 Å². The van der Waals surface area contributed by atoms with E-state index in [0.717, 1.165) is 39.1 Å². The van der Waals surface area contributed by atoms with Crippen LogP contribution in [0.25, 0.3) is 0 Å². The molecular weight excluding hydrogens is 424 g/mol. The maximum atomic E-state index is 13.6. The molecule has 3 amide bonds. The Morgan fingerprint density at radius 2 is 1.68 bits per heavy atom. The number of amides is 3. The van der Waals surface area contributed by atoms with Crippen LogP contribution in [0.2, 0.25) is 0 Å². The van der Waals surface area contributed by atoms with Crippen molar-refractivity contribution in [3.05, 3.63) is 71.3 Å². The minimum Gasteiger partial charge on any atom is -0.340 e. The Labute approximate surface area is 203 Å². The summed E-state index contributed by atoms with van der Waals surface area (Å²) in [5, 5.41) is 3.02. The molecule has 1 N–H and O–H groups in total. The summed E-state index contributed by atoms with van der Waals surface area (Å²) in [7, 11) is 0. The lowest BCUT2D eigenvalue weighted by molar-refractivity contribution is -0.139. The molecule has 0 bridgehead atoms. The standard InChI is InChI=1S/C28H38N4O2/c1-21(2)29-28(34)32-19-25(24-11-7-8-22(3)16-24)17-26(20-32)27(33)31-14-12-30(13-15-31)18-23-9-5-4-6-10-23/h4-11,16,21,25-26H,12-15,17-20H2,1-3H3,(H,29,34)/t25-,26-/m1/s1. The van der Waals surface area contributed by atoms with E-state index in [9.17, 15) is 9.59 Å². The van der Waals surface area contributed by atoms with Crippen LogP contribution >= 0.6 is 0 Å². The fourth-order valence-electron chi connectivity index (χ4n) is 5.17. The lowest BCUT2D eigenvalue weighted by atomic mass is 9.83. The molecule has 0 aliphatic carbocycles. The predicted molar refractivity (Wildman–Crippen MR) is 136 cm³/mol. The highest BCUT2D eigenvalue weighted by atomic mass is 16.2. The van der Waals surface area contributed by atoms with Gasteiger partial charge in [0.2, 0.25) is 5.91 Å². The zero-order valence-corrected chi connectivity index (χ0v) is 20.7. The van der Waals surface area contributed by atoms with Gasteiger partial charge in [-0.05, 0) is 38.3 Å². The zero-order valence-electron chi connectivity index (χ0n) is 20.7. The normalized spacial score (nSPS) is 21.5. The molecule has 2 aromatic carbocycles. The molecule has 4 rings (SSSR count). The molecule has 0 radical (unpaired) electrons. The van der Waals surface area contributed by atoms with Crippen molar-refractivity contribution in [1.82, 2.24) is 20.0 Å². The largest absolute Gasteiger partial charge is 0.340 e. The van der Waals surface area contributed by atoms with Crippen LogP contribution < -0.4 is 5.32 Å². The van der Waals surface area contributed by atoms with Crippen LogP contribution in [0.15, 0.2) is 54.6 Å². The number of urea groups is 1. The van der Waals surface area contributed by atoms with Crippen LogP contribution in [-0.4, -0.2) is 71.9 Å². The van der Waals surface area contributed by atoms with E-state index in [-0.39, 0.29) is 29.8 Å². The van der Waals surface area contributed by atoms with Crippen molar-refractivity contribution < 1.29 is 9.59 Å². The molecule has 6 heteroatoms. The Bertz CT molecular complexity index is 969. The van der Waals surface area contributed by atoms with Crippen molar-refractivity contribution in [3.8, 4) is 0 Å². The number of carbonyl (C=O) groups excluding carboxylic acids is 2. The van der Waals surface area contributed by atoms with Crippen molar-refractivity contribution in [2.24, 2.45) is 5.92 Å². The van der Waals surface area contributed by atoms with Gasteiger partial charge in [0, 0.05) is 57.8 Å². The average Bonchev–Trinajstić information content (AvgIpc) is 2.84. The molecule has 2 saturated heterocycles. The smallest absolute Gasteiger partial charge is 0.317 e. The molecule has 2 heterocycles. The summed E-state index contributed by atoms with van der Waals surface area (Å²) in [6.45, 7) is 11.3. The number of nitrogens with one attached hydrogen (secondary N) is 1. The van der Waals surface area contributed by atoms with Gasteiger partial charge in [-0.2, -0.15) is 0 Å². The number of nitrogens with zero attached hydrogens (tertiary/aromatic N) is 3. The number of likely N-dealkylation sites (tertiary alicyclic amines) is 1. The Hall–Kier alpha value is -2.86. The van der Waals surface area contributed by atoms with Crippen LogP contribution in [0.4, 0.5) is 4.79 Å². The maximum absolute atomic E-state index is 13.6. The van der Waals surface area contributed by atoms with E-state index in [4.69, 9.17) is 0 Å². The van der Waals surface area contributed by atoms with Gasteiger partial charge in [-0.1, -0.05) is 60.2 Å². The van der Waals surface area contributed by atoms with Gasteiger partial charge in [-0.3, -0.25) is 9.69 Å². The SMILES string of the molecule is Cc1cccc([C@@H]2C[C@@H](C(=O)N3CCN(Cc4ccccc4)CC3)CN(C(=O)NC(C)C)C2)c1. The van der Waals surface area contributed by atoms with Crippen molar-refractivity contribution in [1.29, 1.82) is 0 Å². The first-order chi connectivity index (χ1) is 16.4.